The maximum Gasteiger partial charge on any atom is 0.338 e. The van der Waals surface area contributed by atoms with E-state index in [2.05, 4.69) is 4.72 Å². The monoisotopic (exact) mass is 337 g/mol. The Balaban J connectivity index is 3.17. The van der Waals surface area contributed by atoms with Gasteiger partial charge in [0.1, 0.15) is 4.90 Å². The molecule has 0 fully saturated rings. The molecular weight excluding hydrogens is 321 g/mol. The lowest BCUT2D eigenvalue weighted by molar-refractivity contribution is 0.0691. The molecule has 0 aromatic heterocycles. The third kappa shape index (κ3) is 4.39. The molecule has 0 radical (unpaired) electrons. The number of carboxylic acid groups (broad SMARTS) is 1. The average Bonchev–Trinajstić information content (AvgIpc) is 2.37. The van der Waals surface area contributed by atoms with Gasteiger partial charge < -0.3 is 5.11 Å². The Kier molecular flexibility index (Phi) is 5.72. The number of halogens is 2. The number of carbonyl (C=O) groups is 1. The minimum absolute atomic E-state index is 0.0426. The van der Waals surface area contributed by atoms with E-state index >= 15 is 0 Å². The molecule has 1 atom stereocenters. The van der Waals surface area contributed by atoms with Gasteiger partial charge in [0.2, 0.25) is 10.0 Å². The molecule has 0 bridgehead atoms. The molecule has 1 rings (SSSR count). The summed E-state index contributed by atoms with van der Waals surface area (Å²) in [6, 6.07) is 1.76. The predicted molar refractivity (Wildman–Crippen MR) is 77.6 cm³/mol. The summed E-state index contributed by atoms with van der Waals surface area (Å²) in [7, 11) is -4.17. The van der Waals surface area contributed by atoms with Gasteiger partial charge in [-0.05, 0) is 24.0 Å². The van der Waals surface area contributed by atoms with Crippen LogP contribution in [0.1, 0.15) is 31.1 Å². The molecule has 0 saturated carbocycles. The van der Waals surface area contributed by atoms with Gasteiger partial charge in [0.15, 0.2) is 5.82 Å². The molecule has 0 spiro atoms. The van der Waals surface area contributed by atoms with Crippen molar-refractivity contribution >= 4 is 27.6 Å². The standard InChI is InChI=1S/C13H17ClFNO4S/c1-7(2)8(3)6-16-21(19,20)11-5-9(14)4-10(12(11)15)13(17)18/h4-5,7-8,16H,6H2,1-3H3,(H,17,18). The number of aromatic carboxylic acids is 1. The third-order valence-electron chi connectivity index (χ3n) is 3.26. The molecule has 8 heteroatoms. The number of benzene rings is 1. The van der Waals surface area contributed by atoms with Gasteiger partial charge in [-0.15, -0.1) is 0 Å². The number of rotatable bonds is 6. The zero-order valence-electron chi connectivity index (χ0n) is 11.9. The molecule has 1 aromatic carbocycles. The van der Waals surface area contributed by atoms with Gasteiger partial charge in [0.05, 0.1) is 5.56 Å². The minimum atomic E-state index is -4.17. The van der Waals surface area contributed by atoms with Gasteiger partial charge in [0, 0.05) is 11.6 Å². The SMILES string of the molecule is CC(C)C(C)CNS(=O)(=O)c1cc(Cl)cc(C(=O)O)c1F. The fourth-order valence-corrected chi connectivity index (χ4v) is 3.02. The lowest BCUT2D eigenvalue weighted by atomic mass is 9.99. The van der Waals surface area contributed by atoms with Crippen molar-refractivity contribution in [2.45, 2.75) is 25.7 Å². The van der Waals surface area contributed by atoms with Crippen molar-refractivity contribution in [2.75, 3.05) is 6.54 Å². The van der Waals surface area contributed by atoms with Crippen molar-refractivity contribution < 1.29 is 22.7 Å². The smallest absolute Gasteiger partial charge is 0.338 e. The summed E-state index contributed by atoms with van der Waals surface area (Å²) in [5.74, 6) is -2.62. The summed E-state index contributed by atoms with van der Waals surface area (Å²) in [5, 5.41) is 8.70. The molecule has 0 heterocycles. The van der Waals surface area contributed by atoms with E-state index in [0.717, 1.165) is 12.1 Å². The van der Waals surface area contributed by atoms with Crippen LogP contribution >= 0.6 is 11.6 Å². The fraction of sp³-hybridized carbons (Fsp3) is 0.462. The fourth-order valence-electron chi connectivity index (χ4n) is 1.47. The summed E-state index contributed by atoms with van der Waals surface area (Å²) >= 11 is 5.66. The van der Waals surface area contributed by atoms with Crippen molar-refractivity contribution in [3.63, 3.8) is 0 Å². The Morgan fingerprint density at radius 2 is 1.95 bits per heavy atom. The lowest BCUT2D eigenvalue weighted by Gasteiger charge is -2.16. The number of hydrogen-bond donors (Lipinski definition) is 2. The van der Waals surface area contributed by atoms with Crippen molar-refractivity contribution in [1.29, 1.82) is 0 Å². The Labute approximate surface area is 128 Å². The Morgan fingerprint density at radius 1 is 1.38 bits per heavy atom. The van der Waals surface area contributed by atoms with E-state index in [1.807, 2.05) is 20.8 Å². The van der Waals surface area contributed by atoms with Gasteiger partial charge in [-0.25, -0.2) is 22.3 Å². The molecule has 0 amide bonds. The van der Waals surface area contributed by atoms with Crippen LogP contribution in [0.5, 0.6) is 0 Å². The van der Waals surface area contributed by atoms with E-state index in [1.54, 1.807) is 0 Å². The van der Waals surface area contributed by atoms with Gasteiger partial charge in [-0.2, -0.15) is 0 Å². The molecular formula is C13H17ClFNO4S. The second-order valence-electron chi connectivity index (χ2n) is 5.14. The lowest BCUT2D eigenvalue weighted by Crippen LogP contribution is -2.31. The van der Waals surface area contributed by atoms with Crippen molar-refractivity contribution in [3.05, 3.63) is 28.5 Å². The number of sulfonamides is 1. The van der Waals surface area contributed by atoms with Crippen molar-refractivity contribution in [2.24, 2.45) is 11.8 Å². The molecule has 1 aromatic rings. The largest absolute Gasteiger partial charge is 0.478 e. The maximum absolute atomic E-state index is 14.0. The zero-order valence-corrected chi connectivity index (χ0v) is 13.4. The quantitative estimate of drug-likeness (QED) is 0.836. The summed E-state index contributed by atoms with van der Waals surface area (Å²) in [5.41, 5.74) is -0.778. The highest BCUT2D eigenvalue weighted by molar-refractivity contribution is 7.89. The molecule has 0 aliphatic carbocycles. The molecule has 1 unspecified atom stereocenters. The molecule has 0 saturated heterocycles. The van der Waals surface area contributed by atoms with E-state index in [1.165, 1.54) is 0 Å². The van der Waals surface area contributed by atoms with Crippen LogP contribution in [0, 0.1) is 17.7 Å². The second kappa shape index (κ2) is 6.72. The molecule has 118 valence electrons. The van der Waals surface area contributed by atoms with E-state index in [0.29, 0.717) is 0 Å². The summed E-state index contributed by atoms with van der Waals surface area (Å²) < 4.78 is 40.5. The van der Waals surface area contributed by atoms with E-state index in [-0.39, 0.29) is 23.4 Å². The highest BCUT2D eigenvalue weighted by Gasteiger charge is 2.25. The minimum Gasteiger partial charge on any atom is -0.478 e. The Morgan fingerprint density at radius 3 is 2.43 bits per heavy atom. The van der Waals surface area contributed by atoms with Crippen LogP contribution in [0.3, 0.4) is 0 Å². The van der Waals surface area contributed by atoms with Crippen LogP contribution in [0.4, 0.5) is 4.39 Å². The average molecular weight is 338 g/mol. The van der Waals surface area contributed by atoms with Gasteiger partial charge in [0.25, 0.3) is 0 Å². The van der Waals surface area contributed by atoms with E-state index < -0.39 is 32.3 Å². The first-order valence-corrected chi connectivity index (χ1v) is 8.14. The summed E-state index contributed by atoms with van der Waals surface area (Å²) in [4.78, 5) is 10.1. The van der Waals surface area contributed by atoms with Gasteiger partial charge in [-0.3, -0.25) is 0 Å². The summed E-state index contributed by atoms with van der Waals surface area (Å²) in [6.07, 6.45) is 0. The number of nitrogens with one attached hydrogen (secondary N) is 1. The maximum atomic E-state index is 14.0. The highest BCUT2D eigenvalue weighted by Crippen LogP contribution is 2.24. The highest BCUT2D eigenvalue weighted by atomic mass is 35.5. The molecule has 0 aliphatic heterocycles. The predicted octanol–water partition coefficient (Wildman–Crippen LogP) is 2.75. The van der Waals surface area contributed by atoms with E-state index in [9.17, 15) is 17.6 Å². The van der Waals surface area contributed by atoms with Crippen LogP contribution in [-0.2, 0) is 10.0 Å². The molecule has 21 heavy (non-hydrogen) atoms. The van der Waals surface area contributed by atoms with Crippen LogP contribution in [0.25, 0.3) is 0 Å². The molecule has 5 nitrogen and oxygen atoms in total. The second-order valence-corrected chi connectivity index (χ2v) is 7.32. The zero-order chi connectivity index (χ0) is 16.4. The van der Waals surface area contributed by atoms with Crippen molar-refractivity contribution in [1.82, 2.24) is 4.72 Å². The topological polar surface area (TPSA) is 83.5 Å². The normalized spacial score (nSPS) is 13.4. The van der Waals surface area contributed by atoms with Gasteiger partial charge >= 0.3 is 5.97 Å². The first-order chi connectivity index (χ1) is 9.56. The summed E-state index contributed by atoms with van der Waals surface area (Å²) in [6.45, 7) is 5.83. The van der Waals surface area contributed by atoms with Crippen LogP contribution in [0.15, 0.2) is 17.0 Å². The van der Waals surface area contributed by atoms with E-state index in [4.69, 9.17) is 16.7 Å². The van der Waals surface area contributed by atoms with Crippen LogP contribution in [0.2, 0.25) is 5.02 Å². The van der Waals surface area contributed by atoms with Crippen LogP contribution < -0.4 is 4.72 Å². The molecule has 0 aliphatic rings. The van der Waals surface area contributed by atoms with Crippen molar-refractivity contribution in [3.8, 4) is 0 Å². The van der Waals surface area contributed by atoms with Gasteiger partial charge in [-0.1, -0.05) is 32.4 Å². The Bertz CT molecular complexity index is 646. The number of carboxylic acids is 1. The van der Waals surface area contributed by atoms with Crippen LogP contribution in [-0.4, -0.2) is 26.0 Å². The Hall–Kier alpha value is -1.18. The third-order valence-corrected chi connectivity index (χ3v) is 4.90. The first kappa shape index (κ1) is 17.9. The molecule has 2 N–H and O–H groups in total. The first-order valence-electron chi connectivity index (χ1n) is 6.28. The number of hydrogen-bond acceptors (Lipinski definition) is 3.